The first-order valence-corrected chi connectivity index (χ1v) is 7.28. The average Bonchev–Trinajstić information content (AvgIpc) is 2.70. The van der Waals surface area contributed by atoms with E-state index in [-0.39, 0.29) is 0 Å². The van der Waals surface area contributed by atoms with Gasteiger partial charge in [-0.25, -0.2) is 0 Å². The normalized spacial score (nSPS) is 12.3. The summed E-state index contributed by atoms with van der Waals surface area (Å²) in [6.45, 7) is 2.24. The summed E-state index contributed by atoms with van der Waals surface area (Å²) in [6.07, 6.45) is 8.43. The second kappa shape index (κ2) is 7.89. The summed E-state index contributed by atoms with van der Waals surface area (Å²) >= 11 is -2.77. The summed E-state index contributed by atoms with van der Waals surface area (Å²) in [5.74, 6) is 0. The van der Waals surface area contributed by atoms with E-state index in [1.807, 2.05) is 0 Å². The molecule has 0 saturated carbocycles. The SMILES string of the molecule is CCCCC1=Cc2ccccc2[CH]1.[F][Zr][F]. The second-order valence-corrected chi connectivity index (χ2v) is 4.02. The molecule has 0 atom stereocenters. The van der Waals surface area contributed by atoms with Crippen molar-refractivity contribution in [2.45, 2.75) is 26.2 Å². The van der Waals surface area contributed by atoms with Crippen LogP contribution >= 0.6 is 0 Å². The Hall–Kier alpha value is -0.297. The van der Waals surface area contributed by atoms with Crippen molar-refractivity contribution in [3.05, 3.63) is 47.4 Å². The van der Waals surface area contributed by atoms with Crippen LogP contribution in [0.5, 0.6) is 0 Å². The summed E-state index contributed by atoms with van der Waals surface area (Å²) in [6, 6.07) is 8.58. The van der Waals surface area contributed by atoms with Crippen LogP contribution in [0.1, 0.15) is 37.3 Å². The number of fused-ring (bicyclic) bond motifs is 1. The van der Waals surface area contributed by atoms with Gasteiger partial charge in [-0.2, -0.15) is 0 Å². The van der Waals surface area contributed by atoms with E-state index >= 15 is 0 Å². The maximum atomic E-state index is 9.80. The van der Waals surface area contributed by atoms with Gasteiger partial charge in [-0.05, 0) is 24.0 Å². The Morgan fingerprint density at radius 3 is 2.31 bits per heavy atom. The molecule has 1 aliphatic rings. The van der Waals surface area contributed by atoms with Crippen molar-refractivity contribution in [3.63, 3.8) is 0 Å². The molecule has 0 bridgehead atoms. The van der Waals surface area contributed by atoms with Crippen molar-refractivity contribution in [1.29, 1.82) is 0 Å². The topological polar surface area (TPSA) is 0 Å². The number of allylic oxidation sites excluding steroid dienone is 1. The van der Waals surface area contributed by atoms with E-state index in [0.717, 1.165) is 0 Å². The first-order valence-electron chi connectivity index (χ1n) is 5.42. The van der Waals surface area contributed by atoms with Crippen LogP contribution in [-0.4, -0.2) is 0 Å². The predicted octanol–water partition coefficient (Wildman–Crippen LogP) is 4.66. The molecular formula is C13H15F2Zr. The third-order valence-corrected chi connectivity index (χ3v) is 2.50. The standard InChI is InChI=1S/C13H15.2FH.Zr/c1-2-3-6-11-9-12-7-4-5-8-13(12)10-11;;;/h4-5,7-10H,2-3,6H2,1H3;2*1H;/q;;;+2/p-2. The molecule has 0 saturated heterocycles. The molecule has 1 aliphatic carbocycles. The van der Waals surface area contributed by atoms with Crippen LogP contribution in [0.4, 0.5) is 5.25 Å². The summed E-state index contributed by atoms with van der Waals surface area (Å²) in [5, 5.41) is 0. The number of rotatable bonds is 3. The molecule has 1 aromatic rings. The molecule has 0 spiro atoms. The fourth-order valence-corrected chi connectivity index (χ4v) is 1.74. The zero-order valence-corrected chi connectivity index (χ0v) is 11.8. The Balaban J connectivity index is 0.000000386. The maximum absolute atomic E-state index is 9.80. The molecule has 0 nitrogen and oxygen atoms in total. The quantitative estimate of drug-likeness (QED) is 0.761. The van der Waals surface area contributed by atoms with Gasteiger partial charge in [-0.3, -0.25) is 0 Å². The summed E-state index contributed by atoms with van der Waals surface area (Å²) in [7, 11) is 0. The summed E-state index contributed by atoms with van der Waals surface area (Å²) in [4.78, 5) is 0. The van der Waals surface area contributed by atoms with E-state index in [0.29, 0.717) is 0 Å². The summed E-state index contributed by atoms with van der Waals surface area (Å²) < 4.78 is 19.6. The third kappa shape index (κ3) is 4.29. The van der Waals surface area contributed by atoms with Gasteiger partial charge in [0.15, 0.2) is 0 Å². The molecule has 85 valence electrons. The van der Waals surface area contributed by atoms with Crippen molar-refractivity contribution in [3.8, 4) is 0 Å². The van der Waals surface area contributed by atoms with E-state index in [1.54, 1.807) is 0 Å². The second-order valence-electron chi connectivity index (χ2n) is 3.67. The monoisotopic (exact) mass is 299 g/mol. The van der Waals surface area contributed by atoms with E-state index in [4.69, 9.17) is 0 Å². The van der Waals surface area contributed by atoms with Gasteiger partial charge in [-0.1, -0.05) is 49.3 Å². The predicted molar refractivity (Wildman–Crippen MR) is 59.6 cm³/mol. The molecule has 1 radical (unpaired) electrons. The van der Waals surface area contributed by atoms with Gasteiger partial charge in [0.1, 0.15) is 0 Å². The van der Waals surface area contributed by atoms with Gasteiger partial charge < -0.3 is 0 Å². The van der Waals surface area contributed by atoms with E-state index in [9.17, 15) is 5.25 Å². The van der Waals surface area contributed by atoms with Crippen LogP contribution in [0.15, 0.2) is 29.8 Å². The molecule has 0 unspecified atom stereocenters. The Bertz CT molecular complexity index is 348. The third-order valence-electron chi connectivity index (χ3n) is 2.50. The molecule has 16 heavy (non-hydrogen) atoms. The first kappa shape index (κ1) is 13.8. The van der Waals surface area contributed by atoms with Crippen LogP contribution in [-0.2, 0) is 24.5 Å². The molecule has 0 fully saturated rings. The van der Waals surface area contributed by atoms with Crippen molar-refractivity contribution >= 4 is 6.08 Å². The van der Waals surface area contributed by atoms with Gasteiger partial charge in [0, 0.05) is 6.42 Å². The minimum atomic E-state index is -2.77. The van der Waals surface area contributed by atoms with E-state index in [2.05, 4.69) is 43.7 Å². The fourth-order valence-electron chi connectivity index (χ4n) is 1.74. The van der Waals surface area contributed by atoms with Gasteiger partial charge in [0.25, 0.3) is 0 Å². The Labute approximate surface area is 109 Å². The minimum absolute atomic E-state index is 1.23. The van der Waals surface area contributed by atoms with Crippen molar-refractivity contribution in [1.82, 2.24) is 0 Å². The Morgan fingerprint density at radius 2 is 1.75 bits per heavy atom. The van der Waals surface area contributed by atoms with Crippen LogP contribution < -0.4 is 0 Å². The van der Waals surface area contributed by atoms with Crippen LogP contribution in [0, 0.1) is 6.42 Å². The molecule has 0 aromatic heterocycles. The van der Waals surface area contributed by atoms with Crippen molar-refractivity contribution in [2.75, 3.05) is 0 Å². The summed E-state index contributed by atoms with van der Waals surface area (Å²) in [5.41, 5.74) is 4.25. The molecule has 1 aromatic carbocycles. The van der Waals surface area contributed by atoms with Crippen LogP contribution in [0.25, 0.3) is 6.08 Å². The molecule has 3 heteroatoms. The molecule has 0 heterocycles. The van der Waals surface area contributed by atoms with E-state index < -0.39 is 24.5 Å². The number of unbranched alkanes of at least 4 members (excludes halogenated alkanes) is 1. The Morgan fingerprint density at radius 1 is 1.12 bits per heavy atom. The number of halogens is 2. The first-order chi connectivity index (χ1) is 7.81. The number of hydrogen-bond acceptors (Lipinski definition) is 0. The molecule has 0 aliphatic heterocycles. The fraction of sp³-hybridized carbons (Fsp3) is 0.308. The van der Waals surface area contributed by atoms with E-state index in [1.165, 1.54) is 36.0 Å². The van der Waals surface area contributed by atoms with Gasteiger partial charge in [-0.15, -0.1) is 0 Å². The Kier molecular flexibility index (Phi) is 6.79. The number of hydrogen-bond donors (Lipinski definition) is 0. The van der Waals surface area contributed by atoms with Crippen LogP contribution in [0.2, 0.25) is 0 Å². The zero-order valence-electron chi connectivity index (χ0n) is 9.34. The molecule has 2 rings (SSSR count). The van der Waals surface area contributed by atoms with Crippen molar-refractivity contribution < 1.29 is 29.7 Å². The molecule has 0 N–H and O–H groups in total. The van der Waals surface area contributed by atoms with Gasteiger partial charge >= 0.3 is 29.7 Å². The van der Waals surface area contributed by atoms with Crippen LogP contribution in [0.3, 0.4) is 0 Å². The van der Waals surface area contributed by atoms with Gasteiger partial charge in [0.05, 0.1) is 0 Å². The van der Waals surface area contributed by atoms with Crippen molar-refractivity contribution in [2.24, 2.45) is 0 Å². The zero-order chi connectivity index (χ0) is 11.8. The molecular weight excluding hydrogens is 285 g/mol. The molecule has 0 amide bonds. The number of benzene rings is 1. The average molecular weight is 300 g/mol. The van der Waals surface area contributed by atoms with Gasteiger partial charge in [0.2, 0.25) is 0 Å².